The third kappa shape index (κ3) is 9.69. The van der Waals surface area contributed by atoms with Crippen LogP contribution in [-0.4, -0.2) is 73.4 Å². The minimum absolute atomic E-state index is 0.161. The Morgan fingerprint density at radius 2 is 1.18 bits per heavy atom. The van der Waals surface area contributed by atoms with Gasteiger partial charge in [-0.1, -0.05) is 54.1 Å². The van der Waals surface area contributed by atoms with Crippen LogP contribution in [0.3, 0.4) is 0 Å². The van der Waals surface area contributed by atoms with Gasteiger partial charge in [0.2, 0.25) is 0 Å². The Morgan fingerprint density at radius 1 is 0.641 bits per heavy atom. The predicted octanol–water partition coefficient (Wildman–Crippen LogP) is 6.72. The molecule has 39 heavy (non-hydrogen) atoms. The standard InChI is InChI=1S/C29H54O6Si4/c1-10-30-36(7,8)25-38(32-12-3,33-13-4)29-22-21-27(23-29)24-37(9,31-11-2)26-39(34-14-5,35-15-6)28-19-17-16-18-20-28/h16-23,29H,10-15,24-26H2,1-9H3. The maximum Gasteiger partial charge on any atom is 0.372 e. The average Bonchev–Trinajstić information content (AvgIpc) is 3.33. The lowest BCUT2D eigenvalue weighted by Crippen LogP contribution is -2.60. The van der Waals surface area contributed by atoms with Crippen molar-refractivity contribution in [1.82, 2.24) is 0 Å². The molecule has 2 atom stereocenters. The van der Waals surface area contributed by atoms with Crippen molar-refractivity contribution in [2.45, 2.75) is 84.1 Å². The van der Waals surface area contributed by atoms with Crippen molar-refractivity contribution in [2.24, 2.45) is 0 Å². The molecule has 2 unspecified atom stereocenters. The first-order valence-electron chi connectivity index (χ1n) is 14.8. The highest BCUT2D eigenvalue weighted by Gasteiger charge is 2.52. The smallest absolute Gasteiger partial charge is 0.372 e. The summed E-state index contributed by atoms with van der Waals surface area (Å²) in [5.74, 6) is 0. The minimum Gasteiger partial charge on any atom is -0.418 e. The topological polar surface area (TPSA) is 55.4 Å². The van der Waals surface area contributed by atoms with Crippen LogP contribution in [0, 0.1) is 0 Å². The molecule has 0 spiro atoms. The molecule has 0 amide bonds. The van der Waals surface area contributed by atoms with E-state index in [-0.39, 0.29) is 5.54 Å². The molecule has 2 rings (SSSR count). The second-order valence-electron chi connectivity index (χ2n) is 10.9. The maximum absolute atomic E-state index is 6.66. The number of allylic oxidation sites excluding steroid dienone is 4. The van der Waals surface area contributed by atoms with E-state index in [0.717, 1.165) is 24.0 Å². The second-order valence-corrected chi connectivity index (χ2v) is 26.6. The summed E-state index contributed by atoms with van der Waals surface area (Å²) in [6.07, 6.45) is 7.01. The van der Waals surface area contributed by atoms with Gasteiger partial charge in [-0.05, 0) is 72.4 Å². The van der Waals surface area contributed by atoms with Gasteiger partial charge < -0.3 is 26.6 Å². The number of hydrogen-bond donors (Lipinski definition) is 0. The Morgan fingerprint density at radius 3 is 1.69 bits per heavy atom. The first-order chi connectivity index (χ1) is 18.6. The summed E-state index contributed by atoms with van der Waals surface area (Å²) >= 11 is 0. The Hall–Kier alpha value is -0.672. The van der Waals surface area contributed by atoms with Crippen molar-refractivity contribution in [3.63, 3.8) is 0 Å². The molecule has 0 fully saturated rings. The molecule has 0 aliphatic heterocycles. The number of benzene rings is 1. The fraction of sp³-hybridized carbons (Fsp3) is 0.655. The van der Waals surface area contributed by atoms with Gasteiger partial charge in [0, 0.05) is 56.5 Å². The minimum atomic E-state index is -2.70. The Bertz CT molecular complexity index is 898. The fourth-order valence-electron chi connectivity index (χ4n) is 5.95. The highest BCUT2D eigenvalue weighted by molar-refractivity contribution is 6.95. The summed E-state index contributed by atoms with van der Waals surface area (Å²) < 4.78 is 39.2. The predicted molar refractivity (Wildman–Crippen MR) is 172 cm³/mol. The highest BCUT2D eigenvalue weighted by Crippen LogP contribution is 2.41. The van der Waals surface area contributed by atoms with E-state index in [1.165, 1.54) is 10.8 Å². The molecule has 0 bridgehead atoms. The fourth-order valence-corrected chi connectivity index (χ4v) is 26.4. The van der Waals surface area contributed by atoms with E-state index in [1.807, 2.05) is 0 Å². The lowest BCUT2D eigenvalue weighted by molar-refractivity contribution is 0.182. The van der Waals surface area contributed by atoms with Gasteiger partial charge in [-0.25, -0.2) is 0 Å². The lowest BCUT2D eigenvalue weighted by Gasteiger charge is -2.38. The molecule has 0 radical (unpaired) electrons. The van der Waals surface area contributed by atoms with Crippen LogP contribution in [0.15, 0.2) is 54.1 Å². The summed E-state index contributed by atoms with van der Waals surface area (Å²) in [6.45, 7) is 23.3. The number of hydrogen-bond acceptors (Lipinski definition) is 6. The van der Waals surface area contributed by atoms with Gasteiger partial charge in [-0.2, -0.15) is 0 Å². The zero-order chi connectivity index (χ0) is 29.0. The van der Waals surface area contributed by atoms with E-state index < -0.39 is 33.8 Å². The molecule has 1 aliphatic carbocycles. The van der Waals surface area contributed by atoms with E-state index in [0.29, 0.717) is 33.0 Å². The van der Waals surface area contributed by atoms with Crippen LogP contribution in [0.25, 0.3) is 0 Å². The quantitative estimate of drug-likeness (QED) is 0.153. The van der Waals surface area contributed by atoms with Crippen LogP contribution in [0.4, 0.5) is 0 Å². The lowest BCUT2D eigenvalue weighted by atomic mass is 10.3. The Labute approximate surface area is 242 Å². The van der Waals surface area contributed by atoms with Crippen molar-refractivity contribution in [1.29, 1.82) is 0 Å². The molecule has 6 nitrogen and oxygen atoms in total. The summed E-state index contributed by atoms with van der Waals surface area (Å²) in [5.41, 5.74) is 3.24. The van der Waals surface area contributed by atoms with Crippen LogP contribution in [-0.2, 0) is 26.6 Å². The summed E-state index contributed by atoms with van der Waals surface area (Å²) in [6, 6.07) is 11.5. The third-order valence-corrected chi connectivity index (χ3v) is 26.1. The SMILES string of the molecule is CCO[Si](C)(C)C[Si](OCC)(OCC)C1C=CC(C[Si](C)(C[Si](OCC)(OCC)c2ccccc2)OCC)=C1. The molecule has 222 valence electrons. The summed E-state index contributed by atoms with van der Waals surface area (Å²) in [4.78, 5) is 0. The van der Waals surface area contributed by atoms with Gasteiger partial charge >= 0.3 is 17.1 Å². The molecular weight excluding hydrogens is 557 g/mol. The summed E-state index contributed by atoms with van der Waals surface area (Å²) in [7, 11) is -9.52. The van der Waals surface area contributed by atoms with E-state index in [1.54, 1.807) is 0 Å². The molecule has 10 heteroatoms. The molecule has 0 saturated heterocycles. The van der Waals surface area contributed by atoms with E-state index in [2.05, 4.69) is 110 Å². The largest absolute Gasteiger partial charge is 0.418 e. The van der Waals surface area contributed by atoms with Gasteiger partial charge in [0.05, 0.1) is 0 Å². The zero-order valence-electron chi connectivity index (χ0n) is 26.0. The van der Waals surface area contributed by atoms with E-state index in [9.17, 15) is 0 Å². The first kappa shape index (κ1) is 34.5. The van der Waals surface area contributed by atoms with E-state index >= 15 is 0 Å². The zero-order valence-corrected chi connectivity index (χ0v) is 30.0. The monoisotopic (exact) mass is 610 g/mol. The number of rotatable bonds is 20. The molecule has 1 aromatic carbocycles. The van der Waals surface area contributed by atoms with Crippen molar-refractivity contribution in [3.05, 3.63) is 54.1 Å². The average molecular weight is 611 g/mol. The molecule has 0 N–H and O–H groups in total. The Kier molecular flexibility index (Phi) is 14.2. The molecular formula is C29H54O6Si4. The van der Waals surface area contributed by atoms with Crippen LogP contribution in [0.5, 0.6) is 0 Å². The second kappa shape index (κ2) is 16.1. The van der Waals surface area contributed by atoms with E-state index in [4.69, 9.17) is 26.6 Å². The third-order valence-electron chi connectivity index (χ3n) is 7.05. The van der Waals surface area contributed by atoms with Crippen LogP contribution < -0.4 is 5.19 Å². The van der Waals surface area contributed by atoms with Crippen molar-refractivity contribution in [3.8, 4) is 0 Å². The van der Waals surface area contributed by atoms with Crippen molar-refractivity contribution >= 4 is 38.9 Å². The van der Waals surface area contributed by atoms with Gasteiger partial charge in [0.15, 0.2) is 16.6 Å². The van der Waals surface area contributed by atoms with Gasteiger partial charge in [0.1, 0.15) is 0 Å². The van der Waals surface area contributed by atoms with Gasteiger partial charge in [0.25, 0.3) is 0 Å². The van der Waals surface area contributed by atoms with Crippen LogP contribution >= 0.6 is 0 Å². The molecule has 0 saturated carbocycles. The Balaban J connectivity index is 2.42. The van der Waals surface area contributed by atoms with Gasteiger partial charge in [-0.3, -0.25) is 0 Å². The first-order valence-corrected chi connectivity index (χ1v) is 24.9. The molecule has 1 aromatic rings. The van der Waals surface area contributed by atoms with Crippen LogP contribution in [0.1, 0.15) is 41.5 Å². The van der Waals surface area contributed by atoms with Crippen molar-refractivity contribution in [2.75, 3.05) is 39.6 Å². The van der Waals surface area contributed by atoms with Gasteiger partial charge in [-0.15, -0.1) is 0 Å². The molecule has 0 heterocycles. The molecule has 1 aliphatic rings. The highest BCUT2D eigenvalue weighted by atomic mass is 28.4. The van der Waals surface area contributed by atoms with Crippen LogP contribution in [0.2, 0.25) is 42.6 Å². The maximum atomic E-state index is 6.66. The summed E-state index contributed by atoms with van der Waals surface area (Å²) in [5, 5.41) is 1.18. The molecule has 0 aromatic heterocycles. The normalized spacial score (nSPS) is 17.9. The van der Waals surface area contributed by atoms with Crippen molar-refractivity contribution < 1.29 is 26.6 Å².